The lowest BCUT2D eigenvalue weighted by Crippen LogP contribution is -2.47. The van der Waals surface area contributed by atoms with E-state index >= 15 is 0 Å². The fourth-order valence-electron chi connectivity index (χ4n) is 2.92. The Morgan fingerprint density at radius 1 is 1.15 bits per heavy atom. The van der Waals surface area contributed by atoms with Crippen LogP contribution in [-0.2, 0) is 13.1 Å². The van der Waals surface area contributed by atoms with Crippen LogP contribution in [0.2, 0.25) is 0 Å². The average Bonchev–Trinajstić information content (AvgIpc) is 2.55. The number of aliphatic hydroxyl groups excluding tert-OH is 1. The first-order valence-electron chi connectivity index (χ1n) is 9.40. The number of nitrogens with zero attached hydrogens (tertiary/aromatic N) is 2. The summed E-state index contributed by atoms with van der Waals surface area (Å²) in [6, 6.07) is 8.72. The molecule has 0 aromatic heterocycles. The fourth-order valence-corrected chi connectivity index (χ4v) is 2.92. The minimum Gasteiger partial charge on any atom is -0.393 e. The Hall–Kier alpha value is -0.860. The molecule has 148 valence electrons. The van der Waals surface area contributed by atoms with E-state index in [0.717, 1.165) is 45.0 Å². The lowest BCUT2D eigenvalue weighted by atomic mass is 10.1. The van der Waals surface area contributed by atoms with Crippen molar-refractivity contribution in [3.8, 4) is 0 Å². The van der Waals surface area contributed by atoms with Crippen LogP contribution in [0.15, 0.2) is 29.3 Å². The van der Waals surface area contributed by atoms with E-state index in [1.54, 1.807) is 0 Å². The quantitative estimate of drug-likeness (QED) is 0.349. The zero-order chi connectivity index (χ0) is 18.3. The molecule has 0 aliphatic carbocycles. The van der Waals surface area contributed by atoms with Crippen molar-refractivity contribution in [1.82, 2.24) is 15.5 Å². The average molecular weight is 474 g/mol. The van der Waals surface area contributed by atoms with Gasteiger partial charge in [0.05, 0.1) is 12.6 Å². The van der Waals surface area contributed by atoms with Crippen molar-refractivity contribution in [2.24, 2.45) is 4.99 Å². The molecule has 0 radical (unpaired) electrons. The topological polar surface area (TPSA) is 59.9 Å². The number of aliphatic imine (C=N–C) groups is 1. The molecule has 1 aromatic carbocycles. The number of hydrogen-bond donors (Lipinski definition) is 3. The zero-order valence-electron chi connectivity index (χ0n) is 16.6. The molecule has 3 N–H and O–H groups in total. The Morgan fingerprint density at radius 3 is 2.27 bits per heavy atom. The highest BCUT2D eigenvalue weighted by molar-refractivity contribution is 14.0. The molecule has 5 nitrogen and oxygen atoms in total. The van der Waals surface area contributed by atoms with Gasteiger partial charge in [0.15, 0.2) is 5.96 Å². The van der Waals surface area contributed by atoms with E-state index in [-0.39, 0.29) is 35.6 Å². The number of piperidine rings is 1. The minimum atomic E-state index is -0.107. The van der Waals surface area contributed by atoms with E-state index in [4.69, 9.17) is 0 Å². The second kappa shape index (κ2) is 11.1. The van der Waals surface area contributed by atoms with Crippen molar-refractivity contribution in [3.05, 3.63) is 35.4 Å². The number of hydrogen-bond acceptors (Lipinski definition) is 3. The summed E-state index contributed by atoms with van der Waals surface area (Å²) in [5.74, 6) is 0.853. The van der Waals surface area contributed by atoms with Gasteiger partial charge in [-0.3, -0.25) is 4.90 Å². The third-order valence-electron chi connectivity index (χ3n) is 4.24. The van der Waals surface area contributed by atoms with Gasteiger partial charge in [-0.2, -0.15) is 0 Å². The van der Waals surface area contributed by atoms with Crippen molar-refractivity contribution >= 4 is 29.9 Å². The number of benzene rings is 1. The minimum absolute atomic E-state index is 0. The summed E-state index contributed by atoms with van der Waals surface area (Å²) >= 11 is 0. The third kappa shape index (κ3) is 8.68. The van der Waals surface area contributed by atoms with Gasteiger partial charge in [0.25, 0.3) is 0 Å². The smallest absolute Gasteiger partial charge is 0.191 e. The molecule has 6 heteroatoms. The van der Waals surface area contributed by atoms with E-state index in [9.17, 15) is 5.11 Å². The Kier molecular flexibility index (Phi) is 9.89. The summed E-state index contributed by atoms with van der Waals surface area (Å²) in [5, 5.41) is 16.3. The van der Waals surface area contributed by atoms with Crippen LogP contribution in [0.1, 0.15) is 51.7 Å². The largest absolute Gasteiger partial charge is 0.393 e. The van der Waals surface area contributed by atoms with Gasteiger partial charge < -0.3 is 15.7 Å². The summed E-state index contributed by atoms with van der Waals surface area (Å²) in [6.07, 6.45) is 1.67. The van der Waals surface area contributed by atoms with Gasteiger partial charge in [-0.25, -0.2) is 4.99 Å². The van der Waals surface area contributed by atoms with Gasteiger partial charge in [0.1, 0.15) is 0 Å². The molecule has 0 unspecified atom stereocenters. The molecule has 2 rings (SSSR count). The summed E-state index contributed by atoms with van der Waals surface area (Å²) in [5.41, 5.74) is 2.53. The molecule has 0 bridgehead atoms. The van der Waals surface area contributed by atoms with Crippen LogP contribution >= 0.6 is 24.0 Å². The van der Waals surface area contributed by atoms with Crippen LogP contribution in [0.25, 0.3) is 0 Å². The molecule has 1 aromatic rings. The predicted molar refractivity (Wildman–Crippen MR) is 120 cm³/mol. The molecule has 0 saturated carbocycles. The first-order chi connectivity index (χ1) is 11.9. The first-order valence-corrected chi connectivity index (χ1v) is 9.40. The number of guanidine groups is 1. The van der Waals surface area contributed by atoms with Crippen molar-refractivity contribution < 1.29 is 5.11 Å². The van der Waals surface area contributed by atoms with Gasteiger partial charge in [-0.15, -0.1) is 24.0 Å². The van der Waals surface area contributed by atoms with Crippen LogP contribution in [0.4, 0.5) is 0 Å². The van der Waals surface area contributed by atoms with E-state index in [2.05, 4.69) is 72.5 Å². The third-order valence-corrected chi connectivity index (χ3v) is 4.24. The molecule has 0 atom stereocenters. The van der Waals surface area contributed by atoms with Gasteiger partial charge in [-0.1, -0.05) is 24.3 Å². The van der Waals surface area contributed by atoms with Crippen molar-refractivity contribution in [2.45, 2.75) is 65.3 Å². The first kappa shape index (κ1) is 23.2. The maximum absolute atomic E-state index is 9.59. The van der Waals surface area contributed by atoms with Crippen LogP contribution in [0.3, 0.4) is 0 Å². The second-order valence-corrected chi connectivity index (χ2v) is 7.89. The molecular weight excluding hydrogens is 439 g/mol. The normalized spacial score (nSPS) is 16.9. The van der Waals surface area contributed by atoms with Gasteiger partial charge >= 0.3 is 0 Å². The molecule has 1 fully saturated rings. The van der Waals surface area contributed by atoms with Crippen LogP contribution in [0.5, 0.6) is 0 Å². The van der Waals surface area contributed by atoms with Crippen molar-refractivity contribution in [3.63, 3.8) is 0 Å². The van der Waals surface area contributed by atoms with E-state index < -0.39 is 0 Å². The highest BCUT2D eigenvalue weighted by Crippen LogP contribution is 2.14. The number of rotatable bonds is 5. The highest BCUT2D eigenvalue weighted by atomic mass is 127. The van der Waals surface area contributed by atoms with Crippen LogP contribution < -0.4 is 10.6 Å². The summed E-state index contributed by atoms with van der Waals surface area (Å²) in [4.78, 5) is 7.09. The Bertz CT molecular complexity index is 546. The maximum Gasteiger partial charge on any atom is 0.191 e. The molecule has 1 aliphatic rings. The van der Waals surface area contributed by atoms with Gasteiger partial charge in [0.2, 0.25) is 0 Å². The Labute approximate surface area is 175 Å². The second-order valence-electron chi connectivity index (χ2n) is 7.89. The number of halogens is 1. The van der Waals surface area contributed by atoms with E-state index in [0.29, 0.717) is 6.54 Å². The molecule has 0 spiro atoms. The molecule has 26 heavy (non-hydrogen) atoms. The van der Waals surface area contributed by atoms with Crippen LogP contribution in [0, 0.1) is 0 Å². The van der Waals surface area contributed by atoms with E-state index in [1.807, 2.05) is 0 Å². The van der Waals surface area contributed by atoms with Gasteiger partial charge in [-0.05, 0) is 51.7 Å². The fraction of sp³-hybridized carbons (Fsp3) is 0.650. The van der Waals surface area contributed by atoms with Crippen molar-refractivity contribution in [1.29, 1.82) is 0 Å². The summed E-state index contributed by atoms with van der Waals surface area (Å²) in [6.45, 7) is 12.9. The number of aliphatic hydroxyl groups is 1. The Balaban J connectivity index is 0.00000338. The highest BCUT2D eigenvalue weighted by Gasteiger charge is 2.16. The SMILES string of the molecule is CCNC(=NCc1ccc(CN2CCC(O)CC2)cc1)NC(C)(C)C.I. The van der Waals surface area contributed by atoms with Gasteiger partial charge in [0, 0.05) is 31.7 Å². The molecule has 0 amide bonds. The number of nitrogens with one attached hydrogen (secondary N) is 2. The molecule has 1 heterocycles. The summed E-state index contributed by atoms with van der Waals surface area (Å²) < 4.78 is 0. The summed E-state index contributed by atoms with van der Waals surface area (Å²) in [7, 11) is 0. The number of likely N-dealkylation sites (tertiary alicyclic amines) is 1. The lowest BCUT2D eigenvalue weighted by molar-refractivity contribution is 0.0792. The van der Waals surface area contributed by atoms with E-state index in [1.165, 1.54) is 11.1 Å². The zero-order valence-corrected chi connectivity index (χ0v) is 18.9. The Morgan fingerprint density at radius 2 is 1.73 bits per heavy atom. The van der Waals surface area contributed by atoms with Crippen molar-refractivity contribution in [2.75, 3.05) is 19.6 Å². The molecule has 1 aliphatic heterocycles. The predicted octanol–water partition coefficient (Wildman–Crippen LogP) is 3.11. The maximum atomic E-state index is 9.59. The standard InChI is InChI=1S/C20H34N4O.HI/c1-5-21-19(23-20(2,3)4)22-14-16-6-8-17(9-7-16)15-24-12-10-18(25)11-13-24;/h6-9,18,25H,5,10-15H2,1-4H3,(H2,21,22,23);1H. The van der Waals surface area contributed by atoms with Crippen LogP contribution in [-0.4, -0.2) is 47.2 Å². The lowest BCUT2D eigenvalue weighted by Gasteiger charge is -2.29. The monoisotopic (exact) mass is 474 g/mol. The molecule has 1 saturated heterocycles. The molecular formula is C20H35IN4O.